The van der Waals surface area contributed by atoms with Crippen molar-refractivity contribution in [1.29, 1.82) is 0 Å². The molecule has 0 bridgehead atoms. The third-order valence-corrected chi connectivity index (χ3v) is 4.59. The monoisotopic (exact) mass is 347 g/mol. The summed E-state index contributed by atoms with van der Waals surface area (Å²) in [6.07, 6.45) is 7.15. The van der Waals surface area contributed by atoms with Crippen molar-refractivity contribution >= 4 is 11.9 Å². The summed E-state index contributed by atoms with van der Waals surface area (Å²) in [5.41, 5.74) is 0. The molecule has 1 aliphatic carbocycles. The molecule has 6 heteroatoms. The van der Waals surface area contributed by atoms with E-state index in [4.69, 9.17) is 14.2 Å². The van der Waals surface area contributed by atoms with Crippen molar-refractivity contribution in [2.24, 2.45) is 0 Å². The summed E-state index contributed by atoms with van der Waals surface area (Å²) in [5, 5.41) is 2.97. The highest BCUT2D eigenvalue weighted by Gasteiger charge is 2.29. The Morgan fingerprint density at radius 1 is 1.04 bits per heavy atom. The zero-order chi connectivity index (χ0) is 17.5. The third kappa shape index (κ3) is 5.11. The van der Waals surface area contributed by atoms with Crippen molar-refractivity contribution in [3.05, 3.63) is 24.3 Å². The normalized spacial score (nSPS) is 20.9. The minimum absolute atomic E-state index is 0.0834. The molecule has 0 spiro atoms. The Balaban J connectivity index is 1.42. The van der Waals surface area contributed by atoms with E-state index in [1.54, 1.807) is 18.2 Å². The molecule has 1 amide bonds. The van der Waals surface area contributed by atoms with Gasteiger partial charge in [0, 0.05) is 6.04 Å². The van der Waals surface area contributed by atoms with E-state index in [0.717, 1.165) is 25.7 Å². The van der Waals surface area contributed by atoms with Gasteiger partial charge in [0.15, 0.2) is 18.1 Å². The first kappa shape index (κ1) is 17.6. The molecule has 1 atom stereocenters. The van der Waals surface area contributed by atoms with Crippen LogP contribution in [-0.2, 0) is 14.3 Å². The van der Waals surface area contributed by atoms with Crippen LogP contribution in [0.5, 0.6) is 11.5 Å². The smallest absolute Gasteiger partial charge is 0.351 e. The second-order valence-electron chi connectivity index (χ2n) is 6.58. The number of hydrogen-bond acceptors (Lipinski definition) is 5. The van der Waals surface area contributed by atoms with Gasteiger partial charge in [0.25, 0.3) is 5.91 Å². The molecule has 0 aromatic heterocycles. The fraction of sp³-hybridized carbons (Fsp3) is 0.579. The van der Waals surface area contributed by atoms with Crippen LogP contribution in [0.3, 0.4) is 0 Å². The summed E-state index contributed by atoms with van der Waals surface area (Å²) >= 11 is 0. The lowest BCUT2D eigenvalue weighted by Gasteiger charge is -2.25. The third-order valence-electron chi connectivity index (χ3n) is 4.59. The first-order valence-electron chi connectivity index (χ1n) is 9.07. The Morgan fingerprint density at radius 3 is 2.48 bits per heavy atom. The number of esters is 1. The van der Waals surface area contributed by atoms with Crippen LogP contribution >= 0.6 is 0 Å². The van der Waals surface area contributed by atoms with E-state index in [-0.39, 0.29) is 25.2 Å². The number of nitrogens with one attached hydrogen (secondary N) is 1. The molecule has 1 saturated carbocycles. The molecule has 1 aliphatic heterocycles. The molecule has 0 saturated heterocycles. The van der Waals surface area contributed by atoms with Crippen molar-refractivity contribution in [1.82, 2.24) is 5.32 Å². The predicted molar refractivity (Wildman–Crippen MR) is 91.6 cm³/mol. The largest absolute Gasteiger partial charge is 0.485 e. The molecule has 1 fully saturated rings. The van der Waals surface area contributed by atoms with E-state index in [0.29, 0.717) is 11.5 Å². The topological polar surface area (TPSA) is 73.9 Å². The molecule has 2 aliphatic rings. The minimum Gasteiger partial charge on any atom is -0.485 e. The van der Waals surface area contributed by atoms with Crippen molar-refractivity contribution in [2.75, 3.05) is 13.2 Å². The fourth-order valence-corrected chi connectivity index (χ4v) is 3.24. The molecule has 1 heterocycles. The molecular formula is C19H25NO5. The number of carbonyl (C=O) groups is 2. The van der Waals surface area contributed by atoms with Crippen LogP contribution in [0, 0.1) is 0 Å². The van der Waals surface area contributed by atoms with Gasteiger partial charge in [-0.1, -0.05) is 44.2 Å². The van der Waals surface area contributed by atoms with E-state index < -0.39 is 12.1 Å². The van der Waals surface area contributed by atoms with Crippen LogP contribution < -0.4 is 14.8 Å². The van der Waals surface area contributed by atoms with Gasteiger partial charge in [0.2, 0.25) is 6.10 Å². The highest BCUT2D eigenvalue weighted by molar-refractivity contribution is 5.82. The van der Waals surface area contributed by atoms with Gasteiger partial charge in [-0.05, 0) is 25.0 Å². The number of benzene rings is 1. The maximum atomic E-state index is 12.1. The number of ether oxygens (including phenoxy) is 3. The zero-order valence-corrected chi connectivity index (χ0v) is 14.4. The molecule has 0 radical (unpaired) electrons. The lowest BCUT2D eigenvalue weighted by Crippen LogP contribution is -2.41. The Bertz CT molecular complexity index is 595. The fourth-order valence-electron chi connectivity index (χ4n) is 3.24. The van der Waals surface area contributed by atoms with Gasteiger partial charge >= 0.3 is 5.97 Å². The van der Waals surface area contributed by atoms with E-state index in [9.17, 15) is 9.59 Å². The maximum Gasteiger partial charge on any atom is 0.351 e. The highest BCUT2D eigenvalue weighted by Crippen LogP contribution is 2.31. The van der Waals surface area contributed by atoms with Gasteiger partial charge in [-0.25, -0.2) is 4.79 Å². The molecule has 1 aromatic rings. The SMILES string of the molecule is O=C(COC(=O)C1COc2ccccc2O1)NC1CCCCCCC1. The van der Waals surface area contributed by atoms with Crippen molar-refractivity contribution in [3.63, 3.8) is 0 Å². The number of rotatable bonds is 4. The number of amides is 1. The highest BCUT2D eigenvalue weighted by atomic mass is 16.6. The Kier molecular flexibility index (Phi) is 6.14. The van der Waals surface area contributed by atoms with Crippen LogP contribution in [0.4, 0.5) is 0 Å². The molecular weight excluding hydrogens is 322 g/mol. The second kappa shape index (κ2) is 8.74. The maximum absolute atomic E-state index is 12.1. The first-order valence-corrected chi connectivity index (χ1v) is 9.07. The van der Waals surface area contributed by atoms with Gasteiger partial charge in [-0.2, -0.15) is 0 Å². The Morgan fingerprint density at radius 2 is 1.72 bits per heavy atom. The van der Waals surface area contributed by atoms with Crippen molar-refractivity contribution < 1.29 is 23.8 Å². The van der Waals surface area contributed by atoms with Crippen molar-refractivity contribution in [3.8, 4) is 11.5 Å². The summed E-state index contributed by atoms with van der Waals surface area (Å²) < 4.78 is 16.2. The lowest BCUT2D eigenvalue weighted by molar-refractivity contribution is -0.157. The Labute approximate surface area is 147 Å². The molecule has 3 rings (SSSR count). The molecule has 25 heavy (non-hydrogen) atoms. The van der Waals surface area contributed by atoms with Gasteiger partial charge in [0.1, 0.15) is 6.61 Å². The van der Waals surface area contributed by atoms with Crippen LogP contribution in [-0.4, -0.2) is 37.2 Å². The van der Waals surface area contributed by atoms with Crippen molar-refractivity contribution in [2.45, 2.75) is 57.1 Å². The molecule has 1 aromatic carbocycles. The first-order chi connectivity index (χ1) is 12.2. The second-order valence-corrected chi connectivity index (χ2v) is 6.58. The average Bonchev–Trinajstić information content (AvgIpc) is 2.61. The number of fused-ring (bicyclic) bond motifs is 1. The molecule has 1 N–H and O–H groups in total. The number of hydrogen-bond donors (Lipinski definition) is 1. The minimum atomic E-state index is -0.843. The summed E-state index contributed by atoms with van der Waals surface area (Å²) in [6, 6.07) is 7.33. The van der Waals surface area contributed by atoms with E-state index in [1.165, 1.54) is 19.3 Å². The van der Waals surface area contributed by atoms with E-state index in [1.807, 2.05) is 6.07 Å². The van der Waals surface area contributed by atoms with E-state index in [2.05, 4.69) is 5.32 Å². The number of carbonyl (C=O) groups excluding carboxylic acids is 2. The number of para-hydroxylation sites is 2. The summed E-state index contributed by atoms with van der Waals surface area (Å²) in [4.78, 5) is 24.1. The van der Waals surface area contributed by atoms with Gasteiger partial charge in [-0.3, -0.25) is 4.79 Å². The summed E-state index contributed by atoms with van der Waals surface area (Å²) in [5.74, 6) is 0.279. The molecule has 6 nitrogen and oxygen atoms in total. The zero-order valence-electron chi connectivity index (χ0n) is 14.4. The van der Waals surface area contributed by atoms with Gasteiger partial charge < -0.3 is 19.5 Å². The lowest BCUT2D eigenvalue weighted by atomic mass is 9.97. The average molecular weight is 347 g/mol. The summed E-state index contributed by atoms with van der Waals surface area (Å²) in [6.45, 7) is -0.197. The van der Waals surface area contributed by atoms with E-state index >= 15 is 0 Å². The van der Waals surface area contributed by atoms with Crippen LogP contribution in [0.25, 0.3) is 0 Å². The van der Waals surface area contributed by atoms with Crippen LogP contribution in [0.1, 0.15) is 44.9 Å². The Hall–Kier alpha value is -2.24. The standard InChI is InChI=1S/C19H25NO5/c21-18(20-14-8-4-2-1-3-5-9-14)13-24-19(22)17-12-23-15-10-6-7-11-16(15)25-17/h6-7,10-11,14,17H,1-5,8-9,12-13H2,(H,20,21). The van der Waals surface area contributed by atoms with Gasteiger partial charge in [-0.15, -0.1) is 0 Å². The van der Waals surface area contributed by atoms with Crippen LogP contribution in [0.15, 0.2) is 24.3 Å². The molecule has 136 valence electrons. The molecule has 1 unspecified atom stereocenters. The quantitative estimate of drug-likeness (QED) is 0.848. The van der Waals surface area contributed by atoms with Crippen LogP contribution in [0.2, 0.25) is 0 Å². The van der Waals surface area contributed by atoms with Gasteiger partial charge in [0.05, 0.1) is 0 Å². The summed E-state index contributed by atoms with van der Waals surface area (Å²) in [7, 11) is 0. The predicted octanol–water partition coefficient (Wildman–Crippen LogP) is 2.60.